The van der Waals surface area contributed by atoms with Gasteiger partial charge < -0.3 is 5.11 Å². The third-order valence-electron chi connectivity index (χ3n) is 3.17. The summed E-state index contributed by atoms with van der Waals surface area (Å²) in [6.45, 7) is 3.71. The van der Waals surface area contributed by atoms with Crippen LogP contribution in [0.3, 0.4) is 0 Å². The first-order chi connectivity index (χ1) is 10.7. The Bertz CT molecular complexity index is 888. The Hall–Kier alpha value is -2.53. The first-order valence-electron chi connectivity index (χ1n) is 6.75. The Morgan fingerprint density at radius 3 is 2.73 bits per heavy atom. The van der Waals surface area contributed by atoms with Gasteiger partial charge in [-0.1, -0.05) is 36.0 Å². The molecule has 0 saturated heterocycles. The van der Waals surface area contributed by atoms with E-state index in [-0.39, 0.29) is 11.3 Å². The maximum Gasteiger partial charge on any atom is 0.266 e. The molecule has 0 atom stereocenters. The summed E-state index contributed by atoms with van der Waals surface area (Å²) in [4.78, 5) is 17.4. The van der Waals surface area contributed by atoms with Gasteiger partial charge in [-0.2, -0.15) is 0 Å². The van der Waals surface area contributed by atoms with Crippen LogP contribution in [0.25, 0.3) is 16.6 Å². The normalized spacial score (nSPS) is 10.7. The number of rotatable bonds is 4. The Morgan fingerprint density at radius 2 is 2.00 bits per heavy atom. The van der Waals surface area contributed by atoms with Crippen molar-refractivity contribution in [2.75, 3.05) is 5.75 Å². The van der Waals surface area contributed by atoms with Crippen LogP contribution in [0.2, 0.25) is 0 Å². The van der Waals surface area contributed by atoms with Crippen LogP contribution in [0.1, 0.15) is 0 Å². The molecule has 0 fully saturated rings. The predicted molar refractivity (Wildman–Crippen MR) is 89.9 cm³/mol. The molecular weight excluding hydrogens is 296 g/mol. The zero-order valence-electron chi connectivity index (χ0n) is 11.8. The van der Waals surface area contributed by atoms with E-state index in [0.29, 0.717) is 21.8 Å². The largest absolute Gasteiger partial charge is 0.508 e. The van der Waals surface area contributed by atoms with Gasteiger partial charge in [0.15, 0.2) is 5.16 Å². The van der Waals surface area contributed by atoms with Gasteiger partial charge in [0.25, 0.3) is 5.56 Å². The van der Waals surface area contributed by atoms with E-state index in [0.717, 1.165) is 5.69 Å². The maximum atomic E-state index is 12.8. The molecule has 0 bridgehead atoms. The highest BCUT2D eigenvalue weighted by Gasteiger charge is 2.13. The highest BCUT2D eigenvalue weighted by molar-refractivity contribution is 7.99. The summed E-state index contributed by atoms with van der Waals surface area (Å²) < 4.78 is 1.57. The fraction of sp³-hybridized carbons (Fsp3) is 0.0588. The molecular formula is C17H14N2O2S. The van der Waals surface area contributed by atoms with Crippen LogP contribution in [-0.4, -0.2) is 20.4 Å². The second kappa shape index (κ2) is 6.07. The molecule has 0 spiro atoms. The topological polar surface area (TPSA) is 55.1 Å². The molecule has 3 rings (SSSR count). The van der Waals surface area contributed by atoms with Crippen LogP contribution >= 0.6 is 11.8 Å². The van der Waals surface area contributed by atoms with Crippen LogP contribution in [0.5, 0.6) is 5.75 Å². The van der Waals surface area contributed by atoms with Crippen molar-refractivity contribution in [3.8, 4) is 11.4 Å². The smallest absolute Gasteiger partial charge is 0.266 e. The van der Waals surface area contributed by atoms with Gasteiger partial charge in [0, 0.05) is 5.75 Å². The lowest BCUT2D eigenvalue weighted by atomic mass is 10.2. The summed E-state index contributed by atoms with van der Waals surface area (Å²) in [5.41, 5.74) is 1.12. The molecule has 1 aromatic heterocycles. The number of hydrogen-bond acceptors (Lipinski definition) is 4. The minimum absolute atomic E-state index is 0.0532. The van der Waals surface area contributed by atoms with Crippen molar-refractivity contribution in [2.45, 2.75) is 5.16 Å². The molecule has 0 saturated carbocycles. The SMILES string of the molecule is C=CCSc1nc2ccc(O)cc2c(=O)n1-c1ccccc1. The van der Waals surface area contributed by atoms with Crippen molar-refractivity contribution in [3.63, 3.8) is 0 Å². The number of phenols is 1. The molecule has 0 aliphatic carbocycles. The van der Waals surface area contributed by atoms with Crippen molar-refractivity contribution in [1.29, 1.82) is 0 Å². The quantitative estimate of drug-likeness (QED) is 0.456. The van der Waals surface area contributed by atoms with Gasteiger partial charge in [0.2, 0.25) is 0 Å². The van der Waals surface area contributed by atoms with Crippen LogP contribution in [0, 0.1) is 0 Å². The van der Waals surface area contributed by atoms with Gasteiger partial charge in [-0.05, 0) is 30.3 Å². The average Bonchev–Trinajstić information content (AvgIpc) is 2.54. The molecule has 0 radical (unpaired) electrons. The molecule has 1 heterocycles. The molecule has 22 heavy (non-hydrogen) atoms. The van der Waals surface area contributed by atoms with E-state index in [2.05, 4.69) is 11.6 Å². The Balaban J connectivity index is 2.33. The number of aromatic hydroxyl groups is 1. The number of hydrogen-bond donors (Lipinski definition) is 1. The van der Waals surface area contributed by atoms with E-state index in [1.165, 1.54) is 23.9 Å². The Morgan fingerprint density at radius 1 is 1.23 bits per heavy atom. The Labute approximate surface area is 131 Å². The van der Waals surface area contributed by atoms with Crippen LogP contribution in [0.15, 0.2) is 71.1 Å². The fourth-order valence-corrected chi connectivity index (χ4v) is 2.94. The summed E-state index contributed by atoms with van der Waals surface area (Å²) in [6.07, 6.45) is 1.77. The van der Waals surface area contributed by atoms with E-state index in [4.69, 9.17) is 0 Å². The van der Waals surface area contributed by atoms with Gasteiger partial charge in [-0.15, -0.1) is 6.58 Å². The standard InChI is InChI=1S/C17H14N2O2S/c1-2-10-22-17-18-15-9-8-13(20)11-14(15)16(21)19(17)12-6-4-3-5-7-12/h2-9,11,20H,1,10H2. The molecule has 0 aliphatic heterocycles. The van der Waals surface area contributed by atoms with E-state index >= 15 is 0 Å². The summed E-state index contributed by atoms with van der Waals surface area (Å²) in [6, 6.07) is 14.0. The third kappa shape index (κ3) is 2.63. The predicted octanol–water partition coefficient (Wildman–Crippen LogP) is 3.37. The van der Waals surface area contributed by atoms with Crippen LogP contribution in [-0.2, 0) is 0 Å². The second-order valence-corrected chi connectivity index (χ2v) is 5.66. The Kier molecular flexibility index (Phi) is 3.98. The van der Waals surface area contributed by atoms with Crippen molar-refractivity contribution in [3.05, 3.63) is 71.5 Å². The number of fused-ring (bicyclic) bond motifs is 1. The molecule has 1 N–H and O–H groups in total. The number of benzene rings is 2. The molecule has 0 unspecified atom stereocenters. The van der Waals surface area contributed by atoms with Crippen molar-refractivity contribution < 1.29 is 5.11 Å². The highest BCUT2D eigenvalue weighted by atomic mass is 32.2. The van der Waals surface area contributed by atoms with E-state index in [1.807, 2.05) is 30.3 Å². The minimum Gasteiger partial charge on any atom is -0.508 e. The molecule has 4 nitrogen and oxygen atoms in total. The number of phenolic OH excluding ortho intramolecular Hbond substituents is 1. The highest BCUT2D eigenvalue weighted by Crippen LogP contribution is 2.23. The first kappa shape index (κ1) is 14.4. The summed E-state index contributed by atoms with van der Waals surface area (Å²) in [5, 5.41) is 10.6. The number of thioether (sulfide) groups is 1. The minimum atomic E-state index is -0.196. The number of aromatic nitrogens is 2. The zero-order chi connectivity index (χ0) is 15.5. The van der Waals surface area contributed by atoms with E-state index < -0.39 is 0 Å². The molecule has 3 aromatic rings. The number of nitrogens with zero attached hydrogens (tertiary/aromatic N) is 2. The lowest BCUT2D eigenvalue weighted by Crippen LogP contribution is -2.21. The van der Waals surface area contributed by atoms with Crippen LogP contribution < -0.4 is 5.56 Å². The molecule has 0 aliphatic rings. The van der Waals surface area contributed by atoms with Crippen molar-refractivity contribution in [2.24, 2.45) is 0 Å². The van der Waals surface area contributed by atoms with Crippen molar-refractivity contribution >= 4 is 22.7 Å². The molecule has 110 valence electrons. The monoisotopic (exact) mass is 310 g/mol. The summed E-state index contributed by atoms with van der Waals surface area (Å²) in [5.74, 6) is 0.709. The maximum absolute atomic E-state index is 12.8. The third-order valence-corrected chi connectivity index (χ3v) is 4.10. The fourth-order valence-electron chi connectivity index (χ4n) is 2.19. The molecule has 5 heteroatoms. The average molecular weight is 310 g/mol. The van der Waals surface area contributed by atoms with E-state index in [9.17, 15) is 9.90 Å². The van der Waals surface area contributed by atoms with Gasteiger partial charge in [-0.25, -0.2) is 4.98 Å². The van der Waals surface area contributed by atoms with Gasteiger partial charge in [0.05, 0.1) is 16.6 Å². The first-order valence-corrected chi connectivity index (χ1v) is 7.74. The van der Waals surface area contributed by atoms with Crippen molar-refractivity contribution in [1.82, 2.24) is 9.55 Å². The zero-order valence-corrected chi connectivity index (χ0v) is 12.6. The second-order valence-electron chi connectivity index (χ2n) is 4.67. The van der Waals surface area contributed by atoms with Gasteiger partial charge in [-0.3, -0.25) is 9.36 Å². The summed E-state index contributed by atoms with van der Waals surface area (Å²) >= 11 is 1.45. The lowest BCUT2D eigenvalue weighted by Gasteiger charge is -2.12. The van der Waals surface area contributed by atoms with Crippen LogP contribution in [0.4, 0.5) is 0 Å². The van der Waals surface area contributed by atoms with Gasteiger partial charge in [0.1, 0.15) is 5.75 Å². The number of para-hydroxylation sites is 1. The van der Waals surface area contributed by atoms with Gasteiger partial charge >= 0.3 is 0 Å². The summed E-state index contributed by atoms with van der Waals surface area (Å²) in [7, 11) is 0. The van der Waals surface area contributed by atoms with E-state index in [1.54, 1.807) is 16.7 Å². The molecule has 0 amide bonds. The lowest BCUT2D eigenvalue weighted by molar-refractivity contribution is 0.476. The molecule has 2 aromatic carbocycles.